The highest BCUT2D eigenvalue weighted by Crippen LogP contribution is 1.96. The standard InChI is InChI=1S/C6H6N4O/c1-3-4(2-7)5(11)10-6(8)9-3/h1H3,(H3,8,9,10,11). The summed E-state index contributed by atoms with van der Waals surface area (Å²) in [6, 6.07) is 1.73. The molecule has 1 aromatic rings. The molecule has 0 bridgehead atoms. The first kappa shape index (κ1) is 7.28. The van der Waals surface area contributed by atoms with Gasteiger partial charge in [0.25, 0.3) is 5.56 Å². The molecule has 0 radical (unpaired) electrons. The summed E-state index contributed by atoms with van der Waals surface area (Å²) in [6.07, 6.45) is 0. The number of aromatic amines is 1. The van der Waals surface area contributed by atoms with Gasteiger partial charge in [0.1, 0.15) is 11.6 Å². The van der Waals surface area contributed by atoms with Crippen molar-refractivity contribution in [2.24, 2.45) is 0 Å². The number of nitriles is 1. The number of nitrogens with one attached hydrogen (secondary N) is 1. The van der Waals surface area contributed by atoms with Gasteiger partial charge in [0.05, 0.1) is 5.69 Å². The van der Waals surface area contributed by atoms with Crippen molar-refractivity contribution in [1.29, 1.82) is 5.26 Å². The zero-order valence-electron chi connectivity index (χ0n) is 5.88. The largest absolute Gasteiger partial charge is 0.369 e. The Bertz CT molecular complexity index is 373. The van der Waals surface area contributed by atoms with Crippen LogP contribution in [0.1, 0.15) is 11.3 Å². The lowest BCUT2D eigenvalue weighted by atomic mass is 10.3. The van der Waals surface area contributed by atoms with Crippen LogP contribution >= 0.6 is 0 Å². The van der Waals surface area contributed by atoms with Gasteiger partial charge < -0.3 is 5.73 Å². The second-order valence-electron chi connectivity index (χ2n) is 2.02. The van der Waals surface area contributed by atoms with Crippen LogP contribution in [-0.2, 0) is 0 Å². The molecule has 0 spiro atoms. The number of anilines is 1. The van der Waals surface area contributed by atoms with Crippen LogP contribution in [0, 0.1) is 18.3 Å². The van der Waals surface area contributed by atoms with Gasteiger partial charge in [-0.25, -0.2) is 4.98 Å². The van der Waals surface area contributed by atoms with Gasteiger partial charge in [0, 0.05) is 0 Å². The highest BCUT2D eigenvalue weighted by molar-refractivity contribution is 5.33. The normalized spacial score (nSPS) is 9.09. The van der Waals surface area contributed by atoms with Crippen LogP contribution < -0.4 is 11.3 Å². The molecule has 0 aliphatic heterocycles. The average Bonchev–Trinajstić information content (AvgIpc) is 1.85. The van der Waals surface area contributed by atoms with E-state index in [1.165, 1.54) is 0 Å². The molecule has 5 nitrogen and oxygen atoms in total. The fraction of sp³-hybridized carbons (Fsp3) is 0.167. The van der Waals surface area contributed by atoms with Crippen molar-refractivity contribution in [2.45, 2.75) is 6.92 Å². The minimum absolute atomic E-state index is 0.0131. The Hall–Kier alpha value is -1.83. The van der Waals surface area contributed by atoms with Crippen molar-refractivity contribution in [3.05, 3.63) is 21.6 Å². The summed E-state index contributed by atoms with van der Waals surface area (Å²) >= 11 is 0. The molecule has 56 valence electrons. The summed E-state index contributed by atoms with van der Waals surface area (Å²) in [4.78, 5) is 16.8. The van der Waals surface area contributed by atoms with Crippen molar-refractivity contribution < 1.29 is 0 Å². The molecule has 0 atom stereocenters. The van der Waals surface area contributed by atoms with Crippen molar-refractivity contribution in [2.75, 3.05) is 5.73 Å². The molecule has 0 amide bonds. The number of H-pyrrole nitrogens is 1. The van der Waals surface area contributed by atoms with Crippen LogP contribution in [0.4, 0.5) is 5.95 Å². The quantitative estimate of drug-likeness (QED) is 0.522. The lowest BCUT2D eigenvalue weighted by molar-refractivity contribution is 1.06. The Labute approximate surface area is 62.5 Å². The van der Waals surface area contributed by atoms with Gasteiger partial charge in [0.2, 0.25) is 5.95 Å². The molecular formula is C6H6N4O. The van der Waals surface area contributed by atoms with E-state index in [-0.39, 0.29) is 11.5 Å². The number of nitrogens with two attached hydrogens (primary N) is 1. The van der Waals surface area contributed by atoms with Gasteiger partial charge in [-0.15, -0.1) is 0 Å². The topological polar surface area (TPSA) is 95.6 Å². The molecular weight excluding hydrogens is 144 g/mol. The number of aryl methyl sites for hydroxylation is 1. The van der Waals surface area contributed by atoms with Crippen LogP contribution in [0.2, 0.25) is 0 Å². The molecule has 0 aliphatic rings. The summed E-state index contributed by atoms with van der Waals surface area (Å²) < 4.78 is 0. The summed E-state index contributed by atoms with van der Waals surface area (Å²) in [5, 5.41) is 8.44. The van der Waals surface area contributed by atoms with E-state index in [0.717, 1.165) is 0 Å². The second kappa shape index (κ2) is 2.42. The Balaban J connectivity index is 3.53. The predicted molar refractivity (Wildman–Crippen MR) is 38.7 cm³/mol. The van der Waals surface area contributed by atoms with E-state index in [0.29, 0.717) is 5.69 Å². The Morgan fingerprint density at radius 1 is 1.73 bits per heavy atom. The number of rotatable bonds is 0. The van der Waals surface area contributed by atoms with Crippen molar-refractivity contribution >= 4 is 5.95 Å². The maximum absolute atomic E-state index is 10.9. The first-order valence-electron chi connectivity index (χ1n) is 2.91. The Morgan fingerprint density at radius 3 is 2.82 bits per heavy atom. The lowest BCUT2D eigenvalue weighted by Crippen LogP contribution is -2.16. The highest BCUT2D eigenvalue weighted by Gasteiger charge is 2.03. The van der Waals surface area contributed by atoms with E-state index >= 15 is 0 Å². The first-order chi connectivity index (χ1) is 5.15. The third kappa shape index (κ3) is 1.19. The molecule has 1 aromatic heterocycles. The van der Waals surface area contributed by atoms with E-state index in [4.69, 9.17) is 11.0 Å². The third-order valence-corrected chi connectivity index (χ3v) is 1.23. The predicted octanol–water partition coefficient (Wildman–Crippen LogP) is -0.468. The number of aromatic nitrogens is 2. The van der Waals surface area contributed by atoms with Gasteiger partial charge >= 0.3 is 0 Å². The van der Waals surface area contributed by atoms with Crippen LogP contribution in [0.15, 0.2) is 4.79 Å². The number of hydrogen-bond donors (Lipinski definition) is 2. The fourth-order valence-electron chi connectivity index (χ4n) is 0.739. The zero-order chi connectivity index (χ0) is 8.43. The summed E-state index contributed by atoms with van der Waals surface area (Å²) in [7, 11) is 0. The van der Waals surface area contributed by atoms with E-state index in [1.807, 2.05) is 0 Å². The number of hydrogen-bond acceptors (Lipinski definition) is 4. The minimum atomic E-state index is -0.488. The fourth-order valence-corrected chi connectivity index (χ4v) is 0.739. The monoisotopic (exact) mass is 150 g/mol. The molecule has 1 rings (SSSR count). The molecule has 0 aromatic carbocycles. The molecule has 3 N–H and O–H groups in total. The van der Waals surface area contributed by atoms with E-state index in [2.05, 4.69) is 9.97 Å². The molecule has 0 fully saturated rings. The Morgan fingerprint density at radius 2 is 2.36 bits per heavy atom. The molecule has 5 heteroatoms. The van der Waals surface area contributed by atoms with Crippen molar-refractivity contribution in [1.82, 2.24) is 9.97 Å². The van der Waals surface area contributed by atoms with E-state index in [9.17, 15) is 4.79 Å². The molecule has 0 saturated heterocycles. The number of nitrogens with zero attached hydrogens (tertiary/aromatic N) is 2. The van der Waals surface area contributed by atoms with Crippen LogP contribution in [0.5, 0.6) is 0 Å². The molecule has 0 unspecified atom stereocenters. The smallest absolute Gasteiger partial charge is 0.270 e. The summed E-state index contributed by atoms with van der Waals surface area (Å²) in [5.41, 5.74) is 5.09. The minimum Gasteiger partial charge on any atom is -0.369 e. The highest BCUT2D eigenvalue weighted by atomic mass is 16.1. The van der Waals surface area contributed by atoms with Crippen molar-refractivity contribution in [3.8, 4) is 6.07 Å². The Kier molecular flexibility index (Phi) is 1.60. The molecule has 1 heterocycles. The van der Waals surface area contributed by atoms with E-state index < -0.39 is 5.56 Å². The van der Waals surface area contributed by atoms with Crippen molar-refractivity contribution in [3.63, 3.8) is 0 Å². The van der Waals surface area contributed by atoms with Gasteiger partial charge in [-0.1, -0.05) is 0 Å². The lowest BCUT2D eigenvalue weighted by Gasteiger charge is -1.95. The van der Waals surface area contributed by atoms with Gasteiger partial charge in [-0.05, 0) is 6.92 Å². The number of nitrogen functional groups attached to an aromatic ring is 1. The summed E-state index contributed by atoms with van der Waals surface area (Å²) in [6.45, 7) is 1.56. The van der Waals surface area contributed by atoms with Gasteiger partial charge in [0.15, 0.2) is 0 Å². The second-order valence-corrected chi connectivity index (χ2v) is 2.02. The maximum Gasteiger partial charge on any atom is 0.270 e. The molecule has 0 aliphatic carbocycles. The van der Waals surface area contributed by atoms with E-state index in [1.54, 1.807) is 13.0 Å². The van der Waals surface area contributed by atoms with Gasteiger partial charge in [-0.2, -0.15) is 5.26 Å². The average molecular weight is 150 g/mol. The summed E-state index contributed by atoms with van der Waals surface area (Å²) in [5.74, 6) is 0.0338. The molecule has 11 heavy (non-hydrogen) atoms. The molecule has 0 saturated carbocycles. The van der Waals surface area contributed by atoms with Gasteiger partial charge in [-0.3, -0.25) is 9.78 Å². The zero-order valence-corrected chi connectivity index (χ0v) is 5.88. The van der Waals surface area contributed by atoms with Crippen LogP contribution in [0.25, 0.3) is 0 Å². The van der Waals surface area contributed by atoms with Crippen LogP contribution in [-0.4, -0.2) is 9.97 Å². The maximum atomic E-state index is 10.9. The first-order valence-corrected chi connectivity index (χ1v) is 2.91. The third-order valence-electron chi connectivity index (χ3n) is 1.23. The SMILES string of the molecule is Cc1nc(N)[nH]c(=O)c1C#N. The van der Waals surface area contributed by atoms with Crippen LogP contribution in [0.3, 0.4) is 0 Å².